The number of hydrogen-bond donors (Lipinski definition) is 4. The monoisotopic (exact) mass is 573 g/mol. The number of rotatable bonds is 14. The van der Waals surface area contributed by atoms with Crippen molar-refractivity contribution in [3.63, 3.8) is 0 Å². The molecule has 1 heterocycles. The van der Waals surface area contributed by atoms with Crippen LogP contribution in [0.5, 0.6) is 0 Å². The fourth-order valence-electron chi connectivity index (χ4n) is 3.73. The van der Waals surface area contributed by atoms with Crippen LogP contribution in [0.15, 0.2) is 72.2 Å². The van der Waals surface area contributed by atoms with Gasteiger partial charge in [-0.1, -0.05) is 68.9 Å². The van der Waals surface area contributed by atoms with Gasteiger partial charge in [0.25, 0.3) is 0 Å². The summed E-state index contributed by atoms with van der Waals surface area (Å²) in [6.45, 7) is 9.41. The molecule has 1 rings (SSSR count). The molecule has 3 amide bonds. The third-order valence-electron chi connectivity index (χ3n) is 6.07. The van der Waals surface area contributed by atoms with Crippen molar-refractivity contribution in [3.05, 3.63) is 72.2 Å². The molecule has 0 aromatic heterocycles. The summed E-state index contributed by atoms with van der Waals surface area (Å²) >= 11 is 0. The van der Waals surface area contributed by atoms with E-state index in [1.54, 1.807) is 18.2 Å². The van der Waals surface area contributed by atoms with Crippen LogP contribution in [-0.4, -0.2) is 61.7 Å². The Labute approximate surface area is 244 Å². The number of aliphatic hydroxyl groups is 1. The van der Waals surface area contributed by atoms with Crippen molar-refractivity contribution in [3.8, 4) is 0 Å². The smallest absolute Gasteiger partial charge is 0.407 e. The van der Waals surface area contributed by atoms with Crippen LogP contribution in [0.2, 0.25) is 0 Å². The Morgan fingerprint density at radius 1 is 1.17 bits per heavy atom. The fraction of sp³-hybridized carbons (Fsp3) is 0.516. The molecule has 0 aliphatic carbocycles. The molecule has 0 bridgehead atoms. The number of aliphatic hydroxyl groups excluding tert-OH is 1. The van der Waals surface area contributed by atoms with Gasteiger partial charge in [-0.15, -0.1) is 0 Å². The molecule has 10 nitrogen and oxygen atoms in total. The van der Waals surface area contributed by atoms with Crippen molar-refractivity contribution in [2.75, 3.05) is 14.2 Å². The quantitative estimate of drug-likeness (QED) is 0.138. The number of ether oxygens (including phenoxy) is 3. The van der Waals surface area contributed by atoms with Crippen LogP contribution in [0, 0.1) is 5.41 Å². The average Bonchev–Trinajstić information content (AvgIpc) is 2.92. The Morgan fingerprint density at radius 2 is 1.85 bits per heavy atom. The van der Waals surface area contributed by atoms with Gasteiger partial charge in [0.2, 0.25) is 18.1 Å². The van der Waals surface area contributed by atoms with E-state index in [-0.39, 0.29) is 18.1 Å². The summed E-state index contributed by atoms with van der Waals surface area (Å²) in [4.78, 5) is 37.0. The molecule has 4 unspecified atom stereocenters. The van der Waals surface area contributed by atoms with Crippen LogP contribution in [0.4, 0.5) is 4.79 Å². The van der Waals surface area contributed by atoms with Crippen LogP contribution in [0.3, 0.4) is 0 Å². The maximum absolute atomic E-state index is 12.9. The molecular weight excluding hydrogens is 526 g/mol. The lowest BCUT2D eigenvalue weighted by Gasteiger charge is -2.29. The van der Waals surface area contributed by atoms with Gasteiger partial charge in [-0.2, -0.15) is 0 Å². The molecular formula is C31H47N3O7. The molecule has 0 aromatic carbocycles. The number of nitrogens with one attached hydrogen (secondary N) is 3. The Morgan fingerprint density at radius 3 is 2.46 bits per heavy atom. The van der Waals surface area contributed by atoms with Crippen molar-refractivity contribution >= 4 is 17.9 Å². The molecule has 4 atom stereocenters. The first kappa shape index (κ1) is 35.4. The zero-order valence-electron chi connectivity index (χ0n) is 25.3. The molecule has 0 saturated carbocycles. The first-order valence-electron chi connectivity index (χ1n) is 13.8. The summed E-state index contributed by atoms with van der Waals surface area (Å²) in [6, 6.07) is -0.783. The van der Waals surface area contributed by atoms with E-state index in [0.717, 1.165) is 5.57 Å². The largest absolute Gasteiger partial charge is 0.496 e. The van der Waals surface area contributed by atoms with Gasteiger partial charge in [0.1, 0.15) is 17.9 Å². The highest BCUT2D eigenvalue weighted by atomic mass is 16.6. The van der Waals surface area contributed by atoms with Crippen molar-refractivity contribution in [1.29, 1.82) is 0 Å². The number of alkyl carbamates (subject to hydrolysis) is 1. The number of amides is 3. The van der Waals surface area contributed by atoms with Gasteiger partial charge < -0.3 is 35.3 Å². The SMILES string of the molecule is C/C=C\CC(C/C=C\NC(=O)C(NC(=O)\C=C/C=C\C(C)=C\CC1CC=C(OC)C(O)O1)C(C)(C)C)OC(=O)NC. The first-order chi connectivity index (χ1) is 19.4. The zero-order chi connectivity index (χ0) is 30.8. The van der Waals surface area contributed by atoms with Gasteiger partial charge in [0.15, 0.2) is 0 Å². The van der Waals surface area contributed by atoms with Gasteiger partial charge >= 0.3 is 6.09 Å². The maximum atomic E-state index is 12.9. The van der Waals surface area contributed by atoms with Gasteiger partial charge in [0.05, 0.1) is 13.2 Å². The van der Waals surface area contributed by atoms with E-state index in [2.05, 4.69) is 16.0 Å². The minimum Gasteiger partial charge on any atom is -0.496 e. The molecule has 0 fully saturated rings. The van der Waals surface area contributed by atoms with E-state index in [4.69, 9.17) is 14.2 Å². The minimum absolute atomic E-state index is 0.139. The van der Waals surface area contributed by atoms with Crippen LogP contribution in [0.25, 0.3) is 0 Å². The summed E-state index contributed by atoms with van der Waals surface area (Å²) in [5.41, 5.74) is 0.434. The second-order valence-corrected chi connectivity index (χ2v) is 10.6. The third kappa shape index (κ3) is 14.5. The Hall–Kier alpha value is -3.63. The van der Waals surface area contributed by atoms with E-state index in [1.807, 2.05) is 65.0 Å². The lowest BCUT2D eigenvalue weighted by Crippen LogP contribution is -2.52. The lowest BCUT2D eigenvalue weighted by atomic mass is 9.86. The third-order valence-corrected chi connectivity index (χ3v) is 6.07. The van der Waals surface area contributed by atoms with Crippen LogP contribution >= 0.6 is 0 Å². The summed E-state index contributed by atoms with van der Waals surface area (Å²) in [7, 11) is 2.99. The minimum atomic E-state index is -1.05. The summed E-state index contributed by atoms with van der Waals surface area (Å²) < 4.78 is 15.9. The Balaban J connectivity index is 2.63. The highest BCUT2D eigenvalue weighted by Gasteiger charge is 2.32. The van der Waals surface area contributed by atoms with Crippen molar-refractivity contribution < 1.29 is 33.7 Å². The van der Waals surface area contributed by atoms with E-state index in [9.17, 15) is 19.5 Å². The summed E-state index contributed by atoms with van der Waals surface area (Å²) in [6.07, 6.45) is 17.5. The molecule has 0 aromatic rings. The van der Waals surface area contributed by atoms with Crippen molar-refractivity contribution in [1.82, 2.24) is 16.0 Å². The molecule has 228 valence electrons. The standard InChI is InChI=1S/C31H47N3O7/c1-8-9-14-23(41-30(38)32-6)15-12-21-33-28(36)27(31(3,4)5)34-26(35)16-11-10-13-22(2)17-18-24-19-20-25(39-7)29(37)40-24/h8-13,16-17,20-21,23-24,27,29,37H,14-15,18-19H2,1-7H3,(H,32,38)(H,33,36)(H,34,35)/b9-8-,13-10-,16-11-,21-12-,22-17+. The normalized spacial score (nSPS) is 19.8. The van der Waals surface area contributed by atoms with E-state index in [1.165, 1.54) is 26.4 Å². The van der Waals surface area contributed by atoms with Crippen molar-refractivity contribution in [2.45, 2.75) is 84.8 Å². The molecule has 0 radical (unpaired) electrons. The second kappa shape index (κ2) is 18.7. The summed E-state index contributed by atoms with van der Waals surface area (Å²) in [5, 5.41) is 17.8. The maximum Gasteiger partial charge on any atom is 0.407 e. The molecule has 41 heavy (non-hydrogen) atoms. The van der Waals surface area contributed by atoms with E-state index < -0.39 is 29.7 Å². The molecule has 1 aliphatic rings. The number of carbonyl (C=O) groups excluding carboxylic acids is 3. The van der Waals surface area contributed by atoms with Crippen LogP contribution in [0.1, 0.15) is 60.3 Å². The first-order valence-corrected chi connectivity index (χ1v) is 13.8. The van der Waals surface area contributed by atoms with E-state index >= 15 is 0 Å². The second-order valence-electron chi connectivity index (χ2n) is 10.6. The van der Waals surface area contributed by atoms with Gasteiger partial charge in [0, 0.05) is 26.0 Å². The van der Waals surface area contributed by atoms with Gasteiger partial charge in [-0.3, -0.25) is 9.59 Å². The Bertz CT molecular complexity index is 1030. The van der Waals surface area contributed by atoms with Gasteiger partial charge in [-0.25, -0.2) is 4.79 Å². The lowest BCUT2D eigenvalue weighted by molar-refractivity contribution is -0.140. The molecule has 0 saturated heterocycles. The van der Waals surface area contributed by atoms with Gasteiger partial charge in [-0.05, 0) is 44.4 Å². The van der Waals surface area contributed by atoms with Crippen LogP contribution < -0.4 is 16.0 Å². The topological polar surface area (TPSA) is 135 Å². The molecule has 4 N–H and O–H groups in total. The van der Waals surface area contributed by atoms with Crippen LogP contribution in [-0.2, 0) is 23.8 Å². The number of allylic oxidation sites excluding steroid dienone is 5. The predicted octanol–water partition coefficient (Wildman–Crippen LogP) is 4.31. The fourth-order valence-corrected chi connectivity index (χ4v) is 3.73. The number of methoxy groups -OCH3 is 1. The Kier molecular flexibility index (Phi) is 16.1. The molecule has 0 spiro atoms. The summed E-state index contributed by atoms with van der Waals surface area (Å²) in [5.74, 6) is -0.332. The van der Waals surface area contributed by atoms with E-state index in [0.29, 0.717) is 31.4 Å². The molecule has 10 heteroatoms. The number of carbonyl (C=O) groups is 3. The highest BCUT2D eigenvalue weighted by Crippen LogP contribution is 2.21. The zero-order valence-corrected chi connectivity index (χ0v) is 25.3. The van der Waals surface area contributed by atoms with Crippen molar-refractivity contribution in [2.24, 2.45) is 5.41 Å². The predicted molar refractivity (Wildman–Crippen MR) is 159 cm³/mol. The average molecular weight is 574 g/mol. The highest BCUT2D eigenvalue weighted by molar-refractivity contribution is 5.93. The molecule has 1 aliphatic heterocycles. The number of hydrogen-bond acceptors (Lipinski definition) is 7.